The zero-order valence-electron chi connectivity index (χ0n) is 10.4. The van der Waals surface area contributed by atoms with Gasteiger partial charge < -0.3 is 9.84 Å². The van der Waals surface area contributed by atoms with Gasteiger partial charge in [-0.1, -0.05) is 29.3 Å². The maximum Gasteiger partial charge on any atom is 0.305 e. The first-order valence-corrected chi connectivity index (χ1v) is 6.46. The van der Waals surface area contributed by atoms with Crippen LogP contribution in [0.25, 0.3) is 0 Å². The smallest absolute Gasteiger partial charge is 0.305 e. The van der Waals surface area contributed by atoms with Crippen LogP contribution in [0, 0.1) is 0 Å². The summed E-state index contributed by atoms with van der Waals surface area (Å²) < 4.78 is 4.82. The number of hydrogen-bond acceptors (Lipinski definition) is 3. The Morgan fingerprint density at radius 2 is 2.06 bits per heavy atom. The summed E-state index contributed by atoms with van der Waals surface area (Å²) in [5.74, 6) is -0.321. The first-order valence-electron chi connectivity index (χ1n) is 5.70. The van der Waals surface area contributed by atoms with E-state index in [9.17, 15) is 9.90 Å². The number of ether oxygens (including phenoxy) is 1. The monoisotopic (exact) mass is 290 g/mol. The summed E-state index contributed by atoms with van der Waals surface area (Å²) in [5.41, 5.74) is -0.512. The molecule has 0 radical (unpaired) electrons. The molecule has 1 aromatic rings. The van der Waals surface area contributed by atoms with Gasteiger partial charge in [-0.25, -0.2) is 0 Å². The molecule has 1 N–H and O–H groups in total. The molecule has 0 aliphatic carbocycles. The molecule has 0 aromatic heterocycles. The predicted octanol–water partition coefficient (Wildman–Crippen LogP) is 3.54. The van der Waals surface area contributed by atoms with Crippen LogP contribution < -0.4 is 0 Å². The zero-order chi connectivity index (χ0) is 13.8. The average molecular weight is 291 g/mol. The predicted molar refractivity (Wildman–Crippen MR) is 71.9 cm³/mol. The molecule has 0 fully saturated rings. The van der Waals surface area contributed by atoms with Gasteiger partial charge in [-0.3, -0.25) is 4.79 Å². The van der Waals surface area contributed by atoms with E-state index in [-0.39, 0.29) is 18.8 Å². The second-order valence-electron chi connectivity index (χ2n) is 4.21. The van der Waals surface area contributed by atoms with Crippen molar-refractivity contribution in [3.05, 3.63) is 33.8 Å². The van der Waals surface area contributed by atoms with E-state index in [1.165, 1.54) is 0 Å². The van der Waals surface area contributed by atoms with Gasteiger partial charge in [0.15, 0.2) is 0 Å². The molecular formula is C13H16Cl2O3. The van der Waals surface area contributed by atoms with Gasteiger partial charge in [0, 0.05) is 6.42 Å². The minimum absolute atomic E-state index is 0.154. The van der Waals surface area contributed by atoms with Crippen molar-refractivity contribution in [3.63, 3.8) is 0 Å². The minimum Gasteiger partial charge on any atom is -0.466 e. The van der Waals surface area contributed by atoms with Gasteiger partial charge in [0.05, 0.1) is 22.3 Å². The van der Waals surface area contributed by atoms with Crippen molar-refractivity contribution >= 4 is 29.2 Å². The lowest BCUT2D eigenvalue weighted by Gasteiger charge is -2.23. The molecule has 1 rings (SSSR count). The van der Waals surface area contributed by atoms with Crippen LogP contribution in [0.3, 0.4) is 0 Å². The molecule has 18 heavy (non-hydrogen) atoms. The van der Waals surface area contributed by atoms with E-state index in [0.717, 1.165) is 0 Å². The molecule has 1 unspecified atom stereocenters. The Kier molecular flexibility index (Phi) is 5.45. The second-order valence-corrected chi connectivity index (χ2v) is 5.02. The Morgan fingerprint density at radius 3 is 2.61 bits per heavy atom. The number of halogens is 2. The summed E-state index contributed by atoms with van der Waals surface area (Å²) in [4.78, 5) is 11.3. The largest absolute Gasteiger partial charge is 0.466 e. The van der Waals surface area contributed by atoms with Gasteiger partial charge in [0.1, 0.15) is 0 Å². The average Bonchev–Trinajstić information content (AvgIpc) is 2.30. The summed E-state index contributed by atoms with van der Waals surface area (Å²) in [6, 6.07) is 4.92. The van der Waals surface area contributed by atoms with Crippen molar-refractivity contribution in [2.75, 3.05) is 6.61 Å². The molecule has 5 heteroatoms. The highest BCUT2D eigenvalue weighted by Gasteiger charge is 2.25. The SMILES string of the molecule is CCOC(=O)CCC(C)(O)c1ccc(Cl)c(Cl)c1. The highest BCUT2D eigenvalue weighted by Crippen LogP contribution is 2.31. The number of esters is 1. The third kappa shape index (κ3) is 4.16. The van der Waals surface area contributed by atoms with Crippen LogP contribution in [0.2, 0.25) is 10.0 Å². The van der Waals surface area contributed by atoms with Crippen LogP contribution in [0.5, 0.6) is 0 Å². The number of carbonyl (C=O) groups is 1. The van der Waals surface area contributed by atoms with Crippen LogP contribution in [0.4, 0.5) is 0 Å². The van der Waals surface area contributed by atoms with Gasteiger partial charge >= 0.3 is 5.97 Å². The molecule has 1 atom stereocenters. The van der Waals surface area contributed by atoms with Crippen LogP contribution >= 0.6 is 23.2 Å². The summed E-state index contributed by atoms with van der Waals surface area (Å²) in [5, 5.41) is 11.1. The first kappa shape index (κ1) is 15.3. The Bertz CT molecular complexity index is 430. The van der Waals surface area contributed by atoms with E-state index >= 15 is 0 Å². The molecule has 0 saturated carbocycles. The third-order valence-electron chi connectivity index (χ3n) is 2.66. The summed E-state index contributed by atoms with van der Waals surface area (Å²) >= 11 is 11.7. The number of benzene rings is 1. The van der Waals surface area contributed by atoms with Crippen molar-refractivity contribution < 1.29 is 14.6 Å². The molecule has 0 aliphatic rings. The molecular weight excluding hydrogens is 275 g/mol. The Balaban J connectivity index is 2.73. The van der Waals surface area contributed by atoms with Crippen molar-refractivity contribution in [1.82, 2.24) is 0 Å². The summed E-state index contributed by atoms with van der Waals surface area (Å²) in [7, 11) is 0. The molecule has 0 saturated heterocycles. The van der Waals surface area contributed by atoms with E-state index in [1.807, 2.05) is 0 Å². The van der Waals surface area contributed by atoms with Crippen LogP contribution in [0.1, 0.15) is 32.3 Å². The van der Waals surface area contributed by atoms with Crippen molar-refractivity contribution in [2.45, 2.75) is 32.3 Å². The Morgan fingerprint density at radius 1 is 1.39 bits per heavy atom. The van der Waals surface area contributed by atoms with Crippen molar-refractivity contribution in [3.8, 4) is 0 Å². The standard InChI is InChI=1S/C13H16Cl2O3/c1-3-18-12(16)6-7-13(2,17)9-4-5-10(14)11(15)8-9/h4-5,8,17H,3,6-7H2,1-2H3. The van der Waals surface area contributed by atoms with E-state index < -0.39 is 5.60 Å². The number of rotatable bonds is 5. The minimum atomic E-state index is -1.14. The van der Waals surface area contributed by atoms with Gasteiger partial charge in [0.25, 0.3) is 0 Å². The molecule has 0 heterocycles. The second kappa shape index (κ2) is 6.41. The highest BCUT2D eigenvalue weighted by atomic mass is 35.5. The number of carbonyl (C=O) groups excluding carboxylic acids is 1. The van der Waals surface area contributed by atoms with E-state index in [1.54, 1.807) is 32.0 Å². The van der Waals surface area contributed by atoms with Gasteiger partial charge in [-0.2, -0.15) is 0 Å². The Hall–Kier alpha value is -0.770. The fraction of sp³-hybridized carbons (Fsp3) is 0.462. The molecule has 100 valence electrons. The molecule has 0 amide bonds. The number of hydrogen-bond donors (Lipinski definition) is 1. The highest BCUT2D eigenvalue weighted by molar-refractivity contribution is 6.42. The van der Waals surface area contributed by atoms with E-state index in [4.69, 9.17) is 27.9 Å². The van der Waals surface area contributed by atoms with Gasteiger partial charge in [-0.05, 0) is 38.0 Å². The normalized spacial score (nSPS) is 14.1. The molecule has 1 aromatic carbocycles. The first-order chi connectivity index (χ1) is 8.36. The number of aliphatic hydroxyl groups is 1. The van der Waals surface area contributed by atoms with Crippen molar-refractivity contribution in [1.29, 1.82) is 0 Å². The zero-order valence-corrected chi connectivity index (χ0v) is 11.9. The fourth-order valence-electron chi connectivity index (χ4n) is 1.55. The lowest BCUT2D eigenvalue weighted by molar-refractivity contribution is -0.144. The van der Waals surface area contributed by atoms with E-state index in [2.05, 4.69) is 0 Å². The molecule has 0 aliphatic heterocycles. The van der Waals surface area contributed by atoms with Crippen molar-refractivity contribution in [2.24, 2.45) is 0 Å². The van der Waals surface area contributed by atoms with Gasteiger partial charge in [-0.15, -0.1) is 0 Å². The molecule has 3 nitrogen and oxygen atoms in total. The maximum absolute atomic E-state index is 11.3. The van der Waals surface area contributed by atoms with E-state index in [0.29, 0.717) is 22.2 Å². The quantitative estimate of drug-likeness (QED) is 0.844. The van der Waals surface area contributed by atoms with Gasteiger partial charge in [0.2, 0.25) is 0 Å². The van der Waals surface area contributed by atoms with Crippen LogP contribution in [-0.4, -0.2) is 17.7 Å². The topological polar surface area (TPSA) is 46.5 Å². The Labute approximate surface area is 117 Å². The summed E-state index contributed by atoms with van der Waals surface area (Å²) in [6.45, 7) is 3.72. The summed E-state index contributed by atoms with van der Waals surface area (Å²) in [6.07, 6.45) is 0.422. The maximum atomic E-state index is 11.3. The fourth-order valence-corrected chi connectivity index (χ4v) is 1.85. The lowest BCUT2D eigenvalue weighted by atomic mass is 9.91. The third-order valence-corrected chi connectivity index (χ3v) is 3.40. The van der Waals surface area contributed by atoms with Crippen LogP contribution in [-0.2, 0) is 15.1 Å². The molecule has 0 spiro atoms. The lowest BCUT2D eigenvalue weighted by Crippen LogP contribution is -2.23. The molecule has 0 bridgehead atoms. The van der Waals surface area contributed by atoms with Crippen LogP contribution in [0.15, 0.2) is 18.2 Å².